The lowest BCUT2D eigenvalue weighted by atomic mass is 9.91. The van der Waals surface area contributed by atoms with Crippen LogP contribution in [0.4, 0.5) is 0 Å². The van der Waals surface area contributed by atoms with E-state index in [2.05, 4.69) is 5.32 Å². The van der Waals surface area contributed by atoms with Gasteiger partial charge < -0.3 is 19.4 Å². The van der Waals surface area contributed by atoms with Crippen molar-refractivity contribution in [2.24, 2.45) is 13.0 Å². The van der Waals surface area contributed by atoms with E-state index in [0.29, 0.717) is 23.9 Å². The van der Waals surface area contributed by atoms with E-state index in [1.54, 1.807) is 30.8 Å². The summed E-state index contributed by atoms with van der Waals surface area (Å²) >= 11 is 5.90. The van der Waals surface area contributed by atoms with E-state index in [9.17, 15) is 9.59 Å². The molecule has 1 aliphatic rings. The van der Waals surface area contributed by atoms with Crippen LogP contribution in [0.5, 0.6) is 0 Å². The highest BCUT2D eigenvalue weighted by Gasteiger charge is 2.33. The molecule has 7 heteroatoms. The maximum absolute atomic E-state index is 12.4. The maximum atomic E-state index is 12.4. The van der Waals surface area contributed by atoms with Gasteiger partial charge in [0.05, 0.1) is 11.6 Å². The topological polar surface area (TPSA) is 69.6 Å². The van der Waals surface area contributed by atoms with E-state index in [4.69, 9.17) is 21.1 Å². The van der Waals surface area contributed by atoms with Crippen LogP contribution >= 0.6 is 11.6 Å². The molecule has 1 fully saturated rings. The zero-order valence-corrected chi connectivity index (χ0v) is 13.6. The third-order valence-corrected chi connectivity index (χ3v) is 3.98. The minimum absolute atomic E-state index is 0.0208. The first-order valence-electron chi connectivity index (χ1n) is 7.40. The summed E-state index contributed by atoms with van der Waals surface area (Å²) < 4.78 is 12.0. The first-order valence-corrected chi connectivity index (χ1v) is 7.77. The van der Waals surface area contributed by atoms with Crippen molar-refractivity contribution in [2.45, 2.75) is 25.8 Å². The molecule has 6 nitrogen and oxygen atoms in total. The van der Waals surface area contributed by atoms with Crippen LogP contribution in [0, 0.1) is 5.92 Å². The zero-order valence-electron chi connectivity index (χ0n) is 12.8. The smallest absolute Gasteiger partial charge is 0.328 e. The van der Waals surface area contributed by atoms with E-state index in [0.717, 1.165) is 12.8 Å². The van der Waals surface area contributed by atoms with Gasteiger partial charge in [-0.3, -0.25) is 4.79 Å². The van der Waals surface area contributed by atoms with Crippen LogP contribution < -0.4 is 5.32 Å². The molecule has 1 aromatic rings. The molecule has 2 rings (SSSR count). The molecule has 0 bridgehead atoms. The van der Waals surface area contributed by atoms with Crippen molar-refractivity contribution in [1.82, 2.24) is 9.88 Å². The van der Waals surface area contributed by atoms with E-state index in [1.165, 1.54) is 0 Å². The lowest BCUT2D eigenvalue weighted by molar-refractivity contribution is -0.147. The number of aromatic nitrogens is 1. The molecule has 22 heavy (non-hydrogen) atoms. The van der Waals surface area contributed by atoms with Crippen LogP contribution in [0.1, 0.15) is 30.3 Å². The van der Waals surface area contributed by atoms with Gasteiger partial charge in [0.25, 0.3) is 5.91 Å². The number of hydrogen-bond acceptors (Lipinski definition) is 4. The summed E-state index contributed by atoms with van der Waals surface area (Å²) in [6.45, 7) is 3.21. The number of halogens is 1. The predicted molar refractivity (Wildman–Crippen MR) is 81.9 cm³/mol. The van der Waals surface area contributed by atoms with Crippen LogP contribution in [0.25, 0.3) is 0 Å². The van der Waals surface area contributed by atoms with Crippen molar-refractivity contribution < 1.29 is 19.1 Å². The number of hydrogen-bond donors (Lipinski definition) is 1. The second-order valence-electron chi connectivity index (χ2n) is 5.31. The van der Waals surface area contributed by atoms with Crippen molar-refractivity contribution in [3.05, 3.63) is 23.0 Å². The average Bonchev–Trinajstić information content (AvgIpc) is 2.84. The standard InChI is InChI=1S/C15H21ClN2O4/c1-3-22-15(20)13(10-4-6-21-7-5-10)17-14(19)12-8-11(16)9-18(12)2/h8-10,13H,3-7H2,1-2H3,(H,17,19)/t13-/m0/s1. The first kappa shape index (κ1) is 16.8. The summed E-state index contributed by atoms with van der Waals surface area (Å²) in [7, 11) is 1.73. The van der Waals surface area contributed by atoms with Gasteiger partial charge in [-0.05, 0) is 31.7 Å². The lowest BCUT2D eigenvalue weighted by Crippen LogP contribution is -2.48. The normalized spacial score (nSPS) is 17.0. The number of ether oxygens (including phenoxy) is 2. The molecule has 0 unspecified atom stereocenters. The number of carbonyl (C=O) groups is 2. The Kier molecular flexibility index (Phi) is 5.85. The third kappa shape index (κ3) is 4.01. The predicted octanol–water partition coefficient (Wildman–Crippen LogP) is 1.77. The molecule has 1 atom stereocenters. The van der Waals surface area contributed by atoms with Crippen molar-refractivity contribution in [3.8, 4) is 0 Å². The van der Waals surface area contributed by atoms with Gasteiger partial charge >= 0.3 is 5.97 Å². The van der Waals surface area contributed by atoms with Crippen LogP contribution in [-0.2, 0) is 21.3 Å². The van der Waals surface area contributed by atoms with Crippen molar-refractivity contribution in [3.63, 3.8) is 0 Å². The Morgan fingerprint density at radius 3 is 2.73 bits per heavy atom. The zero-order chi connectivity index (χ0) is 16.1. The third-order valence-electron chi connectivity index (χ3n) is 3.77. The molecule has 0 radical (unpaired) electrons. The first-order chi connectivity index (χ1) is 10.5. The molecule has 122 valence electrons. The lowest BCUT2D eigenvalue weighted by Gasteiger charge is -2.29. The molecule has 0 spiro atoms. The number of rotatable bonds is 5. The number of aryl methyl sites for hydroxylation is 1. The Hall–Kier alpha value is -1.53. The second kappa shape index (κ2) is 7.65. The fourth-order valence-electron chi connectivity index (χ4n) is 2.62. The Morgan fingerprint density at radius 2 is 2.18 bits per heavy atom. The fraction of sp³-hybridized carbons (Fsp3) is 0.600. The Balaban J connectivity index is 2.12. The molecule has 0 aliphatic carbocycles. The van der Waals surface area contributed by atoms with Crippen molar-refractivity contribution in [1.29, 1.82) is 0 Å². The molecule has 1 amide bonds. The highest BCUT2D eigenvalue weighted by Crippen LogP contribution is 2.21. The highest BCUT2D eigenvalue weighted by atomic mass is 35.5. The van der Waals surface area contributed by atoms with E-state index in [-0.39, 0.29) is 18.4 Å². The summed E-state index contributed by atoms with van der Waals surface area (Å²) in [6.07, 6.45) is 3.08. The monoisotopic (exact) mass is 328 g/mol. The van der Waals surface area contributed by atoms with E-state index >= 15 is 0 Å². The summed E-state index contributed by atoms with van der Waals surface area (Å²) in [5.41, 5.74) is 0.409. The van der Waals surface area contributed by atoms with Crippen LogP contribution in [0.2, 0.25) is 5.02 Å². The van der Waals surface area contributed by atoms with Gasteiger partial charge in [-0.1, -0.05) is 11.6 Å². The van der Waals surface area contributed by atoms with Gasteiger partial charge in [-0.15, -0.1) is 0 Å². The number of nitrogens with one attached hydrogen (secondary N) is 1. The van der Waals surface area contributed by atoms with Crippen LogP contribution in [0.3, 0.4) is 0 Å². The Bertz CT molecular complexity index is 538. The minimum atomic E-state index is -0.662. The number of esters is 1. The molecule has 1 aromatic heterocycles. The van der Waals surface area contributed by atoms with Gasteiger partial charge in [-0.25, -0.2) is 4.79 Å². The van der Waals surface area contributed by atoms with Crippen molar-refractivity contribution >= 4 is 23.5 Å². The number of amides is 1. The highest BCUT2D eigenvalue weighted by molar-refractivity contribution is 6.31. The van der Waals surface area contributed by atoms with E-state index in [1.807, 2.05) is 0 Å². The summed E-state index contributed by atoms with van der Waals surface area (Å²) in [4.78, 5) is 24.6. The molecule has 0 saturated carbocycles. The molecule has 2 heterocycles. The van der Waals surface area contributed by atoms with Gasteiger partial charge in [0.1, 0.15) is 11.7 Å². The van der Waals surface area contributed by atoms with E-state index < -0.39 is 12.0 Å². The average molecular weight is 329 g/mol. The summed E-state index contributed by atoms with van der Waals surface area (Å²) in [6, 6.07) is 0.910. The second-order valence-corrected chi connectivity index (χ2v) is 5.74. The minimum Gasteiger partial charge on any atom is -0.464 e. The fourth-order valence-corrected chi connectivity index (χ4v) is 2.87. The summed E-state index contributed by atoms with van der Waals surface area (Å²) in [5.74, 6) is -0.713. The SMILES string of the molecule is CCOC(=O)[C@@H](NC(=O)c1cc(Cl)cn1C)C1CCOCC1. The molecule has 0 aromatic carbocycles. The molecular weight excluding hydrogens is 308 g/mol. The maximum Gasteiger partial charge on any atom is 0.328 e. The van der Waals surface area contributed by atoms with Gasteiger partial charge in [-0.2, -0.15) is 0 Å². The Morgan fingerprint density at radius 1 is 1.50 bits per heavy atom. The molecule has 1 N–H and O–H groups in total. The van der Waals surface area contributed by atoms with Gasteiger partial charge in [0.2, 0.25) is 0 Å². The van der Waals surface area contributed by atoms with Crippen molar-refractivity contribution in [2.75, 3.05) is 19.8 Å². The van der Waals surface area contributed by atoms with Crippen LogP contribution in [0.15, 0.2) is 12.3 Å². The quantitative estimate of drug-likeness (QED) is 0.836. The molecular formula is C15H21ClN2O4. The number of carbonyl (C=O) groups excluding carboxylic acids is 2. The molecule has 1 aliphatic heterocycles. The van der Waals surface area contributed by atoms with Gasteiger partial charge in [0, 0.05) is 26.5 Å². The molecule has 1 saturated heterocycles. The number of nitrogens with zero attached hydrogens (tertiary/aromatic N) is 1. The largest absolute Gasteiger partial charge is 0.464 e. The Labute approximate surface area is 134 Å². The van der Waals surface area contributed by atoms with Gasteiger partial charge in [0.15, 0.2) is 0 Å². The summed E-state index contributed by atoms with van der Waals surface area (Å²) in [5, 5.41) is 3.27. The van der Waals surface area contributed by atoms with Crippen LogP contribution in [-0.4, -0.2) is 42.3 Å².